The van der Waals surface area contributed by atoms with Gasteiger partial charge in [-0.15, -0.1) is 11.8 Å². The Morgan fingerprint density at radius 2 is 2.21 bits per heavy atom. The number of nitrogens with zero attached hydrogens (tertiary/aromatic N) is 1. The van der Waals surface area contributed by atoms with Crippen molar-refractivity contribution in [2.24, 2.45) is 0 Å². The third-order valence-corrected chi connectivity index (χ3v) is 4.11. The maximum atomic E-state index is 6.10. The average molecular weight is 293 g/mol. The number of nitrogens with one attached hydrogen (secondary N) is 1. The standard InChI is InChI=1S/C15H17ClN2S/c1-2-17-9-12-4-3-5-14(8-12)19-11-13-6-7-18-10-15(13)16/h3-8,10,17H,2,9,11H2,1H3. The number of halogens is 1. The van der Waals surface area contributed by atoms with E-state index >= 15 is 0 Å². The minimum Gasteiger partial charge on any atom is -0.313 e. The average Bonchev–Trinajstić information content (AvgIpc) is 2.45. The summed E-state index contributed by atoms with van der Waals surface area (Å²) < 4.78 is 0. The number of benzene rings is 1. The van der Waals surface area contributed by atoms with Crippen molar-refractivity contribution in [3.05, 3.63) is 58.9 Å². The first-order chi connectivity index (χ1) is 9.29. The lowest BCUT2D eigenvalue weighted by Crippen LogP contribution is -2.11. The van der Waals surface area contributed by atoms with Gasteiger partial charge < -0.3 is 5.32 Å². The van der Waals surface area contributed by atoms with E-state index in [9.17, 15) is 0 Å². The monoisotopic (exact) mass is 292 g/mol. The van der Waals surface area contributed by atoms with E-state index in [-0.39, 0.29) is 0 Å². The summed E-state index contributed by atoms with van der Waals surface area (Å²) in [5, 5.41) is 4.07. The Bertz CT molecular complexity index is 531. The normalized spacial score (nSPS) is 10.6. The first kappa shape index (κ1) is 14.4. The maximum Gasteiger partial charge on any atom is 0.0629 e. The van der Waals surface area contributed by atoms with Gasteiger partial charge in [-0.2, -0.15) is 0 Å². The topological polar surface area (TPSA) is 24.9 Å². The van der Waals surface area contributed by atoms with Gasteiger partial charge in [0.05, 0.1) is 5.02 Å². The molecule has 2 nitrogen and oxygen atoms in total. The molecule has 0 aliphatic heterocycles. The van der Waals surface area contributed by atoms with Crippen molar-refractivity contribution < 1.29 is 0 Å². The zero-order valence-electron chi connectivity index (χ0n) is 10.9. The Morgan fingerprint density at radius 3 is 3.00 bits per heavy atom. The fraction of sp³-hybridized carbons (Fsp3) is 0.267. The summed E-state index contributed by atoms with van der Waals surface area (Å²) in [7, 11) is 0. The highest BCUT2D eigenvalue weighted by Gasteiger charge is 2.02. The van der Waals surface area contributed by atoms with E-state index < -0.39 is 0 Å². The number of hydrogen-bond donors (Lipinski definition) is 1. The Labute approximate surface area is 123 Å². The van der Waals surface area contributed by atoms with Crippen molar-refractivity contribution >= 4 is 23.4 Å². The molecule has 0 saturated heterocycles. The molecule has 2 aromatic rings. The summed E-state index contributed by atoms with van der Waals surface area (Å²) in [6.45, 7) is 4.02. The van der Waals surface area contributed by atoms with Gasteiger partial charge in [-0.25, -0.2) is 0 Å². The summed E-state index contributed by atoms with van der Waals surface area (Å²) >= 11 is 7.90. The van der Waals surface area contributed by atoms with Gasteiger partial charge in [-0.1, -0.05) is 30.7 Å². The SMILES string of the molecule is CCNCc1cccc(SCc2ccncc2Cl)c1. The molecule has 19 heavy (non-hydrogen) atoms. The molecule has 0 amide bonds. The predicted molar refractivity (Wildman–Crippen MR) is 82.6 cm³/mol. The van der Waals surface area contributed by atoms with Gasteiger partial charge in [-0.05, 0) is 35.9 Å². The lowest BCUT2D eigenvalue weighted by Gasteiger charge is -2.06. The largest absolute Gasteiger partial charge is 0.313 e. The van der Waals surface area contributed by atoms with Crippen molar-refractivity contribution in [2.75, 3.05) is 6.54 Å². The molecule has 4 heteroatoms. The number of hydrogen-bond acceptors (Lipinski definition) is 3. The van der Waals surface area contributed by atoms with Gasteiger partial charge in [-0.3, -0.25) is 4.98 Å². The van der Waals surface area contributed by atoms with Crippen LogP contribution < -0.4 is 5.32 Å². The van der Waals surface area contributed by atoms with Crippen molar-refractivity contribution in [1.82, 2.24) is 10.3 Å². The second-order valence-corrected chi connectivity index (χ2v) is 5.64. The molecule has 1 aromatic heterocycles. The van der Waals surface area contributed by atoms with Crippen LogP contribution in [0.5, 0.6) is 0 Å². The second-order valence-electron chi connectivity index (χ2n) is 4.18. The first-order valence-electron chi connectivity index (χ1n) is 6.30. The molecule has 0 bridgehead atoms. The van der Waals surface area contributed by atoms with Crippen LogP contribution in [0, 0.1) is 0 Å². The van der Waals surface area contributed by atoms with Crippen LogP contribution in [0.25, 0.3) is 0 Å². The van der Waals surface area contributed by atoms with Crippen LogP contribution in [0.3, 0.4) is 0 Å². The predicted octanol–water partition coefficient (Wildman–Crippen LogP) is 4.14. The van der Waals surface area contributed by atoms with E-state index in [0.717, 1.165) is 29.4 Å². The van der Waals surface area contributed by atoms with Crippen LogP contribution in [-0.2, 0) is 12.3 Å². The van der Waals surface area contributed by atoms with E-state index in [2.05, 4.69) is 41.5 Å². The van der Waals surface area contributed by atoms with Crippen molar-refractivity contribution in [3.63, 3.8) is 0 Å². The molecule has 1 heterocycles. The van der Waals surface area contributed by atoms with Crippen LogP contribution in [0.4, 0.5) is 0 Å². The molecular weight excluding hydrogens is 276 g/mol. The van der Waals surface area contributed by atoms with Crippen LogP contribution in [0.2, 0.25) is 5.02 Å². The fourth-order valence-electron chi connectivity index (χ4n) is 1.70. The zero-order valence-corrected chi connectivity index (χ0v) is 12.5. The van der Waals surface area contributed by atoms with Gasteiger partial charge in [0.2, 0.25) is 0 Å². The van der Waals surface area contributed by atoms with Crippen molar-refractivity contribution in [3.8, 4) is 0 Å². The lowest BCUT2D eigenvalue weighted by atomic mass is 10.2. The summed E-state index contributed by atoms with van der Waals surface area (Å²) in [6.07, 6.45) is 3.47. The lowest BCUT2D eigenvalue weighted by molar-refractivity contribution is 0.725. The highest BCUT2D eigenvalue weighted by atomic mass is 35.5. The third-order valence-electron chi connectivity index (χ3n) is 2.73. The number of rotatable bonds is 6. The van der Waals surface area contributed by atoms with Gasteiger partial charge in [0.15, 0.2) is 0 Å². The minimum absolute atomic E-state index is 0.735. The van der Waals surface area contributed by atoms with E-state index in [1.165, 1.54) is 10.5 Å². The summed E-state index contributed by atoms with van der Waals surface area (Å²) in [6, 6.07) is 10.6. The highest BCUT2D eigenvalue weighted by Crippen LogP contribution is 2.26. The first-order valence-corrected chi connectivity index (χ1v) is 7.67. The van der Waals surface area contributed by atoms with Gasteiger partial charge in [0, 0.05) is 29.6 Å². The smallest absolute Gasteiger partial charge is 0.0629 e. The molecule has 0 saturated carbocycles. The zero-order chi connectivity index (χ0) is 13.5. The van der Waals surface area contributed by atoms with E-state index in [0.29, 0.717) is 0 Å². The number of thioether (sulfide) groups is 1. The van der Waals surface area contributed by atoms with Crippen molar-refractivity contribution in [2.45, 2.75) is 24.1 Å². The summed E-state index contributed by atoms with van der Waals surface area (Å²) in [5.74, 6) is 0.867. The molecule has 0 atom stereocenters. The number of pyridine rings is 1. The Balaban J connectivity index is 1.98. The highest BCUT2D eigenvalue weighted by molar-refractivity contribution is 7.98. The minimum atomic E-state index is 0.735. The van der Waals surface area contributed by atoms with Crippen molar-refractivity contribution in [1.29, 1.82) is 0 Å². The molecule has 100 valence electrons. The van der Waals surface area contributed by atoms with E-state index in [1.54, 1.807) is 24.2 Å². The molecule has 0 aliphatic rings. The molecule has 0 spiro atoms. The molecule has 0 aliphatic carbocycles. The van der Waals surface area contributed by atoms with E-state index in [4.69, 9.17) is 11.6 Å². The molecule has 1 N–H and O–H groups in total. The molecule has 0 unspecified atom stereocenters. The van der Waals surface area contributed by atoms with Gasteiger partial charge in [0.25, 0.3) is 0 Å². The van der Waals surface area contributed by atoms with Crippen LogP contribution in [-0.4, -0.2) is 11.5 Å². The molecular formula is C15H17ClN2S. The van der Waals surface area contributed by atoms with Crippen LogP contribution >= 0.6 is 23.4 Å². The van der Waals surface area contributed by atoms with Crippen LogP contribution in [0.1, 0.15) is 18.1 Å². The Morgan fingerprint density at radius 1 is 1.32 bits per heavy atom. The summed E-state index contributed by atoms with van der Waals surface area (Å²) in [5.41, 5.74) is 2.44. The number of aromatic nitrogens is 1. The molecule has 1 aromatic carbocycles. The summed E-state index contributed by atoms with van der Waals surface area (Å²) in [4.78, 5) is 5.27. The second kappa shape index (κ2) is 7.53. The maximum absolute atomic E-state index is 6.10. The van der Waals surface area contributed by atoms with Gasteiger partial charge in [0.1, 0.15) is 0 Å². The van der Waals surface area contributed by atoms with E-state index in [1.807, 2.05) is 6.07 Å². The fourth-order valence-corrected chi connectivity index (χ4v) is 2.95. The van der Waals surface area contributed by atoms with Gasteiger partial charge >= 0.3 is 0 Å². The van der Waals surface area contributed by atoms with Crippen LogP contribution in [0.15, 0.2) is 47.6 Å². The molecule has 0 radical (unpaired) electrons. The molecule has 0 fully saturated rings. The Kier molecular flexibility index (Phi) is 5.70. The molecule has 2 rings (SSSR count). The quantitative estimate of drug-likeness (QED) is 0.810. The third kappa shape index (κ3) is 4.53. The Hall–Kier alpha value is -1.03.